The molecule has 0 spiro atoms. The lowest BCUT2D eigenvalue weighted by Crippen LogP contribution is -2.19. The van der Waals surface area contributed by atoms with Crippen LogP contribution in [0.4, 0.5) is 17.1 Å². The molecule has 0 saturated heterocycles. The van der Waals surface area contributed by atoms with Crippen molar-refractivity contribution >= 4 is 17.1 Å². The Balaban J connectivity index is 1.26. The third-order valence-corrected chi connectivity index (χ3v) is 12.8. The predicted octanol–water partition coefficient (Wildman–Crippen LogP) is 14.0. The monoisotopic (exact) mass is 849 g/mol. The summed E-state index contributed by atoms with van der Waals surface area (Å²) in [5.74, 6) is 4.62. The highest BCUT2D eigenvalue weighted by atomic mass is 16.5. The molecule has 0 aliphatic carbocycles. The van der Waals surface area contributed by atoms with Gasteiger partial charge in [-0.15, -0.1) is 0 Å². The molecule has 9 rings (SSSR count). The largest absolute Gasteiger partial charge is 0.497 e. The maximum Gasteiger partial charge on any atom is 0.164 e. The zero-order valence-electron chi connectivity index (χ0n) is 38.4. The van der Waals surface area contributed by atoms with Gasteiger partial charge >= 0.3 is 0 Å². The molecule has 0 unspecified atom stereocenters. The van der Waals surface area contributed by atoms with E-state index in [4.69, 9.17) is 34.6 Å². The first-order valence-electron chi connectivity index (χ1n) is 21.9. The molecule has 0 radical (unpaired) electrons. The number of hydrogen-bond donors (Lipinski definition) is 0. The zero-order chi connectivity index (χ0) is 45.4. The Morgan fingerprint density at radius 2 is 0.569 bits per heavy atom. The summed E-state index contributed by atoms with van der Waals surface area (Å²) in [6.45, 7) is 17.6. The lowest BCUT2D eigenvalue weighted by atomic mass is 9.87. The van der Waals surface area contributed by atoms with E-state index in [9.17, 15) is 0 Å². The molecule has 0 aliphatic heterocycles. The predicted molar refractivity (Wildman–Crippen MR) is 265 cm³/mol. The number of ether oxygens (including phenoxy) is 1. The molecule has 320 valence electrons. The van der Waals surface area contributed by atoms with Crippen molar-refractivity contribution in [2.45, 2.75) is 55.4 Å². The fourth-order valence-corrected chi connectivity index (χ4v) is 8.87. The van der Waals surface area contributed by atoms with Crippen LogP contribution >= 0.6 is 0 Å². The fourth-order valence-electron chi connectivity index (χ4n) is 8.87. The van der Waals surface area contributed by atoms with Gasteiger partial charge in [-0.05, 0) is 124 Å². The lowest BCUT2D eigenvalue weighted by Gasteiger charge is -2.35. The molecule has 0 bridgehead atoms. The Morgan fingerprint density at radius 3 is 0.831 bits per heavy atom. The van der Waals surface area contributed by atoms with Gasteiger partial charge in [0.25, 0.3) is 0 Å². The van der Waals surface area contributed by atoms with Crippen LogP contribution in [-0.2, 0) is 0 Å². The van der Waals surface area contributed by atoms with Gasteiger partial charge in [-0.1, -0.05) is 121 Å². The number of benzene rings is 7. The minimum Gasteiger partial charge on any atom is -0.497 e. The summed E-state index contributed by atoms with van der Waals surface area (Å²) in [4.78, 5) is 33.2. The van der Waals surface area contributed by atoms with Crippen LogP contribution in [0.15, 0.2) is 146 Å². The number of hydrogen-bond acceptors (Lipinski definition) is 8. The van der Waals surface area contributed by atoms with Crippen molar-refractivity contribution in [3.63, 3.8) is 0 Å². The lowest BCUT2D eigenvalue weighted by molar-refractivity contribution is 0.415. The van der Waals surface area contributed by atoms with Crippen LogP contribution in [-0.4, -0.2) is 37.0 Å². The molecule has 2 heterocycles. The van der Waals surface area contributed by atoms with E-state index in [1.54, 1.807) is 7.11 Å². The molecule has 0 saturated carbocycles. The summed E-state index contributed by atoms with van der Waals surface area (Å²) in [5.41, 5.74) is 17.8. The summed E-state index contributed by atoms with van der Waals surface area (Å²) in [6.07, 6.45) is 0. The molecule has 0 fully saturated rings. The fraction of sp³-hybridized carbons (Fsp3) is 0.158. The maximum absolute atomic E-state index is 5.67. The molecular formula is C57H51N7O. The van der Waals surface area contributed by atoms with E-state index in [1.165, 1.54) is 0 Å². The number of rotatable bonds is 10. The van der Waals surface area contributed by atoms with E-state index < -0.39 is 0 Å². The van der Waals surface area contributed by atoms with Crippen molar-refractivity contribution in [1.29, 1.82) is 0 Å². The van der Waals surface area contributed by atoms with Gasteiger partial charge in [-0.3, -0.25) is 0 Å². The van der Waals surface area contributed by atoms with Crippen LogP contribution in [0.2, 0.25) is 0 Å². The SMILES string of the molecule is COc1ccc(N(c2c(C)c(C)c(-c3nc(-c4ccccc4)nc(-c4ccccc4)n3)c(C)c2C)c2c(C)c(C)c(-c3nc(-c4ccccc4)nc(-c4ccccc4)n3)c(C)c2C)cc1. The molecular weight excluding hydrogens is 799 g/mol. The van der Waals surface area contributed by atoms with Crippen LogP contribution in [0.1, 0.15) is 44.5 Å². The van der Waals surface area contributed by atoms with Crippen LogP contribution in [0.25, 0.3) is 68.3 Å². The van der Waals surface area contributed by atoms with Gasteiger partial charge in [0.1, 0.15) is 5.75 Å². The van der Waals surface area contributed by atoms with Gasteiger partial charge < -0.3 is 9.64 Å². The van der Waals surface area contributed by atoms with Gasteiger partial charge in [0.2, 0.25) is 0 Å². The van der Waals surface area contributed by atoms with Crippen molar-refractivity contribution in [2.24, 2.45) is 0 Å². The number of methoxy groups -OCH3 is 1. The minimum absolute atomic E-state index is 0.634. The first-order valence-corrected chi connectivity index (χ1v) is 21.9. The average molecular weight is 850 g/mol. The second-order valence-electron chi connectivity index (χ2n) is 16.6. The Labute approximate surface area is 381 Å². The topological polar surface area (TPSA) is 89.8 Å². The van der Waals surface area contributed by atoms with E-state index in [2.05, 4.69) is 72.4 Å². The van der Waals surface area contributed by atoms with Crippen LogP contribution in [0, 0.1) is 55.4 Å². The second-order valence-corrected chi connectivity index (χ2v) is 16.6. The van der Waals surface area contributed by atoms with Crippen LogP contribution < -0.4 is 9.64 Å². The Kier molecular flexibility index (Phi) is 11.6. The van der Waals surface area contributed by atoms with Gasteiger partial charge in [-0.2, -0.15) is 0 Å². The number of nitrogens with zero attached hydrogens (tertiary/aromatic N) is 7. The first kappa shape index (κ1) is 42.5. The molecule has 9 aromatic rings. The smallest absolute Gasteiger partial charge is 0.164 e. The van der Waals surface area contributed by atoms with Crippen molar-refractivity contribution in [2.75, 3.05) is 12.0 Å². The molecule has 65 heavy (non-hydrogen) atoms. The standard InChI is InChI=1S/C57H51N7O/c1-34-38(5)50(39(6)35(2)48(34)56-60-52(42-22-14-10-15-23-42)58-53(61-56)43-24-16-11-17-25-43)64(46-30-32-47(65-9)33-31-46)51-40(7)36(3)49(37(4)41(51)8)57-62-54(44-26-18-12-19-27-44)59-55(63-57)45-28-20-13-21-29-45/h10-33H,1-9H3. The third kappa shape index (κ3) is 7.93. The van der Waals surface area contributed by atoms with E-state index in [1.807, 2.05) is 133 Å². The Hall–Kier alpha value is -7.84. The first-order chi connectivity index (χ1) is 31.5. The quantitative estimate of drug-likeness (QED) is 0.134. The number of aromatic nitrogens is 6. The molecule has 0 aliphatic rings. The summed E-state index contributed by atoms with van der Waals surface area (Å²) >= 11 is 0. The zero-order valence-corrected chi connectivity index (χ0v) is 38.4. The van der Waals surface area contributed by atoms with Gasteiger partial charge in [0.05, 0.1) is 18.5 Å². The Bertz CT molecular complexity index is 2820. The highest BCUT2D eigenvalue weighted by Crippen LogP contribution is 2.49. The molecule has 0 N–H and O–H groups in total. The van der Waals surface area contributed by atoms with Gasteiger partial charge in [0, 0.05) is 39.1 Å². The van der Waals surface area contributed by atoms with E-state index in [-0.39, 0.29) is 0 Å². The average Bonchev–Trinajstić information content (AvgIpc) is 3.36. The highest BCUT2D eigenvalue weighted by Gasteiger charge is 2.29. The summed E-state index contributed by atoms with van der Waals surface area (Å²) in [5, 5.41) is 0. The normalized spacial score (nSPS) is 11.2. The molecule has 8 nitrogen and oxygen atoms in total. The third-order valence-electron chi connectivity index (χ3n) is 12.8. The van der Waals surface area contributed by atoms with E-state index in [0.717, 1.165) is 101 Å². The molecule has 0 atom stereocenters. The maximum atomic E-state index is 5.67. The van der Waals surface area contributed by atoms with Crippen molar-refractivity contribution in [3.8, 4) is 74.1 Å². The van der Waals surface area contributed by atoms with E-state index >= 15 is 0 Å². The number of anilines is 3. The Morgan fingerprint density at radius 1 is 0.308 bits per heavy atom. The van der Waals surface area contributed by atoms with Crippen molar-refractivity contribution in [3.05, 3.63) is 190 Å². The molecule has 2 aromatic heterocycles. The van der Waals surface area contributed by atoms with Crippen molar-refractivity contribution in [1.82, 2.24) is 29.9 Å². The van der Waals surface area contributed by atoms with Crippen LogP contribution in [0.3, 0.4) is 0 Å². The highest BCUT2D eigenvalue weighted by molar-refractivity contribution is 5.90. The van der Waals surface area contributed by atoms with Gasteiger partial charge in [-0.25, -0.2) is 29.9 Å². The summed E-state index contributed by atoms with van der Waals surface area (Å²) < 4.78 is 5.67. The van der Waals surface area contributed by atoms with Crippen molar-refractivity contribution < 1.29 is 4.74 Å². The second kappa shape index (κ2) is 17.7. The minimum atomic E-state index is 0.634. The molecule has 7 aromatic carbocycles. The summed E-state index contributed by atoms with van der Waals surface area (Å²) in [6, 6.07) is 48.9. The summed E-state index contributed by atoms with van der Waals surface area (Å²) in [7, 11) is 1.70. The molecule has 8 heteroatoms. The van der Waals surface area contributed by atoms with E-state index in [0.29, 0.717) is 34.9 Å². The molecule has 0 amide bonds. The van der Waals surface area contributed by atoms with Gasteiger partial charge in [0.15, 0.2) is 34.9 Å². The van der Waals surface area contributed by atoms with Crippen LogP contribution in [0.5, 0.6) is 5.75 Å².